The van der Waals surface area contributed by atoms with Crippen LogP contribution in [0.2, 0.25) is 0 Å². The first-order valence-electron chi connectivity index (χ1n) is 5.31. The second-order valence-electron chi connectivity index (χ2n) is 4.25. The number of anilines is 2. The van der Waals surface area contributed by atoms with Crippen molar-refractivity contribution in [1.82, 2.24) is 0 Å². The van der Waals surface area contributed by atoms with Gasteiger partial charge in [-0.2, -0.15) is 0 Å². The largest absolute Gasteiger partial charge is 0.397 e. The fraction of sp³-hybridized carbons (Fsp3) is 0.417. The standard InChI is InChI=1S/C12H15BrN2O/c1-7-3-4-10(12(14)8(7)2)15-6-9(13)5-11(15)16/h3-4,9H,5-6,14H2,1-2H3. The third kappa shape index (κ3) is 1.82. The molecular formula is C12H15BrN2O. The molecule has 0 aliphatic carbocycles. The number of nitrogen functional groups attached to an aromatic ring is 1. The number of amides is 1. The average Bonchev–Trinajstić information content (AvgIpc) is 2.55. The van der Waals surface area contributed by atoms with Crippen LogP contribution in [-0.2, 0) is 4.79 Å². The van der Waals surface area contributed by atoms with Crippen molar-refractivity contribution in [3.05, 3.63) is 23.3 Å². The normalized spacial score (nSPS) is 20.6. The maximum absolute atomic E-state index is 11.8. The van der Waals surface area contributed by atoms with Gasteiger partial charge in [0.2, 0.25) is 5.91 Å². The lowest BCUT2D eigenvalue weighted by Gasteiger charge is -2.20. The summed E-state index contributed by atoms with van der Waals surface area (Å²) in [6, 6.07) is 3.94. The number of carbonyl (C=O) groups is 1. The van der Waals surface area contributed by atoms with Gasteiger partial charge in [-0.25, -0.2) is 0 Å². The summed E-state index contributed by atoms with van der Waals surface area (Å²) in [4.78, 5) is 13.8. The first-order valence-corrected chi connectivity index (χ1v) is 6.22. The van der Waals surface area contributed by atoms with E-state index in [2.05, 4.69) is 15.9 Å². The summed E-state index contributed by atoms with van der Waals surface area (Å²) in [5.74, 6) is 0.136. The summed E-state index contributed by atoms with van der Waals surface area (Å²) in [6.45, 7) is 4.71. The van der Waals surface area contributed by atoms with Crippen LogP contribution in [-0.4, -0.2) is 17.3 Å². The molecule has 1 unspecified atom stereocenters. The highest BCUT2D eigenvalue weighted by Gasteiger charge is 2.30. The van der Waals surface area contributed by atoms with Crippen LogP contribution in [0.15, 0.2) is 12.1 Å². The van der Waals surface area contributed by atoms with Crippen LogP contribution in [0.1, 0.15) is 17.5 Å². The first kappa shape index (κ1) is 11.5. The summed E-state index contributed by atoms with van der Waals surface area (Å²) in [6.07, 6.45) is 0.548. The molecule has 1 amide bonds. The van der Waals surface area contributed by atoms with E-state index in [1.54, 1.807) is 4.90 Å². The number of nitrogens with zero attached hydrogens (tertiary/aromatic N) is 1. The van der Waals surface area contributed by atoms with Gasteiger partial charge in [0.15, 0.2) is 0 Å². The third-order valence-electron chi connectivity index (χ3n) is 3.13. The molecule has 4 heteroatoms. The zero-order chi connectivity index (χ0) is 11.9. The van der Waals surface area contributed by atoms with Crippen molar-refractivity contribution in [2.75, 3.05) is 17.2 Å². The molecule has 16 heavy (non-hydrogen) atoms. The highest BCUT2D eigenvalue weighted by Crippen LogP contribution is 2.32. The molecular weight excluding hydrogens is 268 g/mol. The van der Waals surface area contributed by atoms with Crippen LogP contribution >= 0.6 is 15.9 Å². The number of carbonyl (C=O) groups excluding carboxylic acids is 1. The summed E-state index contributed by atoms with van der Waals surface area (Å²) in [5, 5.41) is 0. The lowest BCUT2D eigenvalue weighted by Crippen LogP contribution is -2.25. The van der Waals surface area contributed by atoms with Gasteiger partial charge in [0.25, 0.3) is 0 Å². The Morgan fingerprint density at radius 3 is 2.69 bits per heavy atom. The first-order chi connectivity index (χ1) is 7.50. The van der Waals surface area contributed by atoms with Crippen molar-refractivity contribution in [1.29, 1.82) is 0 Å². The van der Waals surface area contributed by atoms with Crippen LogP contribution < -0.4 is 10.6 Å². The van der Waals surface area contributed by atoms with E-state index in [1.165, 1.54) is 0 Å². The Bertz CT molecular complexity index is 445. The van der Waals surface area contributed by atoms with E-state index >= 15 is 0 Å². The number of halogens is 1. The molecule has 1 heterocycles. The van der Waals surface area contributed by atoms with Gasteiger partial charge in [-0.1, -0.05) is 22.0 Å². The zero-order valence-electron chi connectivity index (χ0n) is 9.46. The molecule has 1 aromatic rings. The molecule has 86 valence electrons. The van der Waals surface area contributed by atoms with Crippen molar-refractivity contribution in [3.63, 3.8) is 0 Å². The van der Waals surface area contributed by atoms with Gasteiger partial charge >= 0.3 is 0 Å². The molecule has 0 radical (unpaired) electrons. The number of hydrogen-bond donors (Lipinski definition) is 1. The Balaban J connectivity index is 2.42. The molecule has 2 N–H and O–H groups in total. The number of aryl methyl sites for hydroxylation is 1. The maximum atomic E-state index is 11.8. The SMILES string of the molecule is Cc1ccc(N2CC(Br)CC2=O)c(N)c1C. The summed E-state index contributed by atoms with van der Waals surface area (Å²) in [5.41, 5.74) is 9.84. The predicted molar refractivity (Wildman–Crippen MR) is 70.0 cm³/mol. The Morgan fingerprint density at radius 1 is 1.44 bits per heavy atom. The molecule has 1 fully saturated rings. The molecule has 1 aromatic carbocycles. The van der Waals surface area contributed by atoms with Crippen LogP contribution in [0, 0.1) is 13.8 Å². The van der Waals surface area contributed by atoms with Crippen LogP contribution in [0.25, 0.3) is 0 Å². The van der Waals surface area contributed by atoms with Gasteiger partial charge in [0.1, 0.15) is 0 Å². The minimum Gasteiger partial charge on any atom is -0.397 e. The van der Waals surface area contributed by atoms with E-state index in [0.717, 1.165) is 22.5 Å². The minimum atomic E-state index is 0.136. The minimum absolute atomic E-state index is 0.136. The second-order valence-corrected chi connectivity index (χ2v) is 5.54. The van der Waals surface area contributed by atoms with E-state index in [1.807, 2.05) is 26.0 Å². The lowest BCUT2D eigenvalue weighted by atomic mass is 10.1. The number of hydrogen-bond acceptors (Lipinski definition) is 2. The summed E-state index contributed by atoms with van der Waals surface area (Å²) < 4.78 is 0. The topological polar surface area (TPSA) is 46.3 Å². The fourth-order valence-corrected chi connectivity index (χ4v) is 2.52. The molecule has 0 bridgehead atoms. The molecule has 0 saturated carbocycles. The quantitative estimate of drug-likeness (QED) is 0.635. The summed E-state index contributed by atoms with van der Waals surface area (Å²) >= 11 is 3.47. The number of benzene rings is 1. The van der Waals surface area contributed by atoms with E-state index in [0.29, 0.717) is 13.0 Å². The van der Waals surface area contributed by atoms with Crippen molar-refractivity contribution in [2.45, 2.75) is 25.1 Å². The molecule has 0 spiro atoms. The predicted octanol–water partition coefficient (Wildman–Crippen LogP) is 2.39. The van der Waals surface area contributed by atoms with E-state index in [-0.39, 0.29) is 10.7 Å². The molecule has 1 atom stereocenters. The number of alkyl halides is 1. The smallest absolute Gasteiger partial charge is 0.228 e. The van der Waals surface area contributed by atoms with Gasteiger partial charge in [0, 0.05) is 17.8 Å². The van der Waals surface area contributed by atoms with Crippen molar-refractivity contribution in [3.8, 4) is 0 Å². The highest BCUT2D eigenvalue weighted by molar-refractivity contribution is 9.09. The molecule has 0 aromatic heterocycles. The van der Waals surface area contributed by atoms with Gasteiger partial charge in [-0.05, 0) is 31.0 Å². The Kier molecular flexibility index (Phi) is 2.93. The van der Waals surface area contributed by atoms with Gasteiger partial charge in [-0.3, -0.25) is 4.79 Å². The van der Waals surface area contributed by atoms with E-state index in [4.69, 9.17) is 5.73 Å². The maximum Gasteiger partial charge on any atom is 0.228 e. The molecule has 1 saturated heterocycles. The van der Waals surface area contributed by atoms with E-state index in [9.17, 15) is 4.79 Å². The van der Waals surface area contributed by atoms with Crippen molar-refractivity contribution < 1.29 is 4.79 Å². The molecule has 2 rings (SSSR count). The van der Waals surface area contributed by atoms with Crippen molar-refractivity contribution in [2.24, 2.45) is 0 Å². The third-order valence-corrected chi connectivity index (χ3v) is 3.74. The van der Waals surface area contributed by atoms with Gasteiger partial charge in [0.05, 0.1) is 11.4 Å². The Labute approximate surface area is 104 Å². The molecule has 1 aliphatic rings. The zero-order valence-corrected chi connectivity index (χ0v) is 11.0. The molecule has 1 aliphatic heterocycles. The van der Waals surface area contributed by atoms with Crippen LogP contribution in [0.5, 0.6) is 0 Å². The highest BCUT2D eigenvalue weighted by atomic mass is 79.9. The van der Waals surface area contributed by atoms with Crippen LogP contribution in [0.3, 0.4) is 0 Å². The Hall–Kier alpha value is -1.03. The molecule has 3 nitrogen and oxygen atoms in total. The second kappa shape index (κ2) is 4.09. The van der Waals surface area contributed by atoms with Gasteiger partial charge < -0.3 is 10.6 Å². The Morgan fingerprint density at radius 2 is 2.12 bits per heavy atom. The monoisotopic (exact) mass is 282 g/mol. The summed E-state index contributed by atoms with van der Waals surface area (Å²) in [7, 11) is 0. The number of nitrogens with two attached hydrogens (primary N) is 1. The van der Waals surface area contributed by atoms with Crippen LogP contribution in [0.4, 0.5) is 11.4 Å². The van der Waals surface area contributed by atoms with E-state index < -0.39 is 0 Å². The van der Waals surface area contributed by atoms with Gasteiger partial charge in [-0.15, -0.1) is 0 Å². The average molecular weight is 283 g/mol. The number of rotatable bonds is 1. The fourth-order valence-electron chi connectivity index (χ4n) is 1.96. The van der Waals surface area contributed by atoms with Crippen molar-refractivity contribution >= 4 is 33.2 Å². The lowest BCUT2D eigenvalue weighted by molar-refractivity contribution is -0.117.